The highest BCUT2D eigenvalue weighted by atomic mass is 16.3. The lowest BCUT2D eigenvalue weighted by molar-refractivity contribution is 0.0941. The van der Waals surface area contributed by atoms with Crippen LogP contribution in [0.3, 0.4) is 0 Å². The second-order valence-electron chi connectivity index (χ2n) is 5.34. The lowest BCUT2D eigenvalue weighted by atomic mass is 10.1. The molecule has 2 rings (SSSR count). The SMILES string of the molecule is Cc1ccccc1-n1ncc(C(=O)NCC(C)CO)c1C. The van der Waals surface area contributed by atoms with Crippen molar-refractivity contribution in [2.24, 2.45) is 5.92 Å². The van der Waals surface area contributed by atoms with E-state index in [2.05, 4.69) is 10.4 Å². The average molecular weight is 287 g/mol. The van der Waals surface area contributed by atoms with Crippen LogP contribution in [-0.2, 0) is 0 Å². The van der Waals surface area contributed by atoms with Crippen LogP contribution >= 0.6 is 0 Å². The summed E-state index contributed by atoms with van der Waals surface area (Å²) in [4.78, 5) is 12.2. The molecule has 2 N–H and O–H groups in total. The van der Waals surface area contributed by atoms with E-state index in [4.69, 9.17) is 5.11 Å². The van der Waals surface area contributed by atoms with Crippen LogP contribution < -0.4 is 5.32 Å². The number of carbonyl (C=O) groups is 1. The third-order valence-electron chi connectivity index (χ3n) is 3.52. The van der Waals surface area contributed by atoms with Crippen molar-refractivity contribution in [2.45, 2.75) is 20.8 Å². The Kier molecular flexibility index (Phi) is 4.75. The zero-order valence-electron chi connectivity index (χ0n) is 12.6. The number of carbonyl (C=O) groups excluding carboxylic acids is 1. The fraction of sp³-hybridized carbons (Fsp3) is 0.375. The summed E-state index contributed by atoms with van der Waals surface area (Å²) in [6.07, 6.45) is 1.58. The first-order valence-electron chi connectivity index (χ1n) is 7.04. The summed E-state index contributed by atoms with van der Waals surface area (Å²) < 4.78 is 1.78. The molecule has 5 heteroatoms. The fourth-order valence-corrected chi connectivity index (χ4v) is 2.10. The van der Waals surface area contributed by atoms with Crippen molar-refractivity contribution in [3.05, 3.63) is 47.3 Å². The van der Waals surface area contributed by atoms with E-state index in [9.17, 15) is 4.79 Å². The topological polar surface area (TPSA) is 67.2 Å². The van der Waals surface area contributed by atoms with E-state index in [1.165, 1.54) is 0 Å². The Morgan fingerprint density at radius 3 is 2.76 bits per heavy atom. The Bertz CT molecular complexity index is 634. The number of hydrogen-bond acceptors (Lipinski definition) is 3. The Balaban J connectivity index is 2.21. The first kappa shape index (κ1) is 15.3. The molecule has 0 saturated heterocycles. The second kappa shape index (κ2) is 6.54. The number of hydrogen-bond donors (Lipinski definition) is 2. The predicted molar refractivity (Wildman–Crippen MR) is 81.6 cm³/mol. The van der Waals surface area contributed by atoms with Gasteiger partial charge in [-0.3, -0.25) is 4.79 Å². The van der Waals surface area contributed by atoms with Gasteiger partial charge in [0.25, 0.3) is 5.91 Å². The van der Waals surface area contributed by atoms with Crippen molar-refractivity contribution in [2.75, 3.05) is 13.2 Å². The molecule has 0 spiro atoms. The smallest absolute Gasteiger partial charge is 0.254 e. The van der Waals surface area contributed by atoms with E-state index in [1.54, 1.807) is 10.9 Å². The predicted octanol–water partition coefficient (Wildman–Crippen LogP) is 1.85. The summed E-state index contributed by atoms with van der Waals surface area (Å²) in [6.45, 7) is 6.28. The van der Waals surface area contributed by atoms with Gasteiger partial charge in [-0.05, 0) is 31.4 Å². The van der Waals surface area contributed by atoms with Crippen LogP contribution in [0, 0.1) is 19.8 Å². The molecular weight excluding hydrogens is 266 g/mol. The normalized spacial score (nSPS) is 12.2. The monoisotopic (exact) mass is 287 g/mol. The van der Waals surface area contributed by atoms with E-state index < -0.39 is 0 Å². The highest BCUT2D eigenvalue weighted by Crippen LogP contribution is 2.17. The van der Waals surface area contributed by atoms with Gasteiger partial charge in [-0.25, -0.2) is 4.68 Å². The number of aryl methyl sites for hydroxylation is 1. The first-order valence-corrected chi connectivity index (χ1v) is 7.04. The van der Waals surface area contributed by atoms with E-state index in [1.807, 2.05) is 45.0 Å². The number of aliphatic hydroxyl groups excluding tert-OH is 1. The molecule has 5 nitrogen and oxygen atoms in total. The van der Waals surface area contributed by atoms with Crippen molar-refractivity contribution >= 4 is 5.91 Å². The molecule has 0 radical (unpaired) electrons. The van der Waals surface area contributed by atoms with Gasteiger partial charge in [0.05, 0.1) is 23.1 Å². The van der Waals surface area contributed by atoms with E-state index in [0.717, 1.165) is 16.9 Å². The van der Waals surface area contributed by atoms with Crippen LogP contribution in [-0.4, -0.2) is 33.9 Å². The zero-order chi connectivity index (χ0) is 15.4. The summed E-state index contributed by atoms with van der Waals surface area (Å²) in [5.74, 6) is -0.117. The minimum absolute atomic E-state index is 0.0423. The maximum atomic E-state index is 12.2. The molecule has 0 bridgehead atoms. The molecule has 1 unspecified atom stereocenters. The molecule has 0 aliphatic heterocycles. The van der Waals surface area contributed by atoms with Crippen LogP contribution in [0.2, 0.25) is 0 Å². The molecule has 0 aliphatic carbocycles. The Morgan fingerprint density at radius 2 is 2.10 bits per heavy atom. The molecule has 1 aromatic carbocycles. The largest absolute Gasteiger partial charge is 0.396 e. The lowest BCUT2D eigenvalue weighted by Gasteiger charge is -2.10. The molecular formula is C16H21N3O2. The van der Waals surface area contributed by atoms with Gasteiger partial charge in [-0.15, -0.1) is 0 Å². The van der Waals surface area contributed by atoms with Gasteiger partial charge in [0.1, 0.15) is 0 Å². The minimum Gasteiger partial charge on any atom is -0.396 e. The van der Waals surface area contributed by atoms with Gasteiger partial charge in [0.15, 0.2) is 0 Å². The standard InChI is InChI=1S/C16H21N3O2/c1-11(10-20)8-17-16(21)14-9-18-19(13(14)3)15-7-5-4-6-12(15)2/h4-7,9,11,20H,8,10H2,1-3H3,(H,17,21). The third kappa shape index (κ3) is 3.31. The lowest BCUT2D eigenvalue weighted by Crippen LogP contribution is -2.29. The van der Waals surface area contributed by atoms with Gasteiger partial charge in [-0.2, -0.15) is 5.10 Å². The maximum Gasteiger partial charge on any atom is 0.254 e. The number of nitrogens with one attached hydrogen (secondary N) is 1. The maximum absolute atomic E-state index is 12.2. The number of para-hydroxylation sites is 1. The van der Waals surface area contributed by atoms with Gasteiger partial charge < -0.3 is 10.4 Å². The number of rotatable bonds is 5. The molecule has 1 amide bonds. The number of amides is 1. The molecule has 1 heterocycles. The Hall–Kier alpha value is -2.14. The summed E-state index contributed by atoms with van der Waals surface area (Å²) in [5, 5.41) is 16.1. The van der Waals surface area contributed by atoms with Crippen molar-refractivity contribution in [1.82, 2.24) is 15.1 Å². The fourth-order valence-electron chi connectivity index (χ4n) is 2.10. The van der Waals surface area contributed by atoms with Crippen molar-refractivity contribution in [1.29, 1.82) is 0 Å². The van der Waals surface area contributed by atoms with Gasteiger partial charge in [0.2, 0.25) is 0 Å². The van der Waals surface area contributed by atoms with E-state index in [-0.39, 0.29) is 18.4 Å². The number of aromatic nitrogens is 2. The Morgan fingerprint density at radius 1 is 1.38 bits per heavy atom. The highest BCUT2D eigenvalue weighted by molar-refractivity contribution is 5.95. The molecule has 112 valence electrons. The van der Waals surface area contributed by atoms with Crippen molar-refractivity contribution < 1.29 is 9.90 Å². The zero-order valence-corrected chi connectivity index (χ0v) is 12.6. The highest BCUT2D eigenvalue weighted by Gasteiger charge is 2.16. The number of benzene rings is 1. The third-order valence-corrected chi connectivity index (χ3v) is 3.52. The van der Waals surface area contributed by atoms with Gasteiger partial charge in [-0.1, -0.05) is 25.1 Å². The average Bonchev–Trinajstić information content (AvgIpc) is 2.86. The Labute approximate surface area is 124 Å². The van der Waals surface area contributed by atoms with Gasteiger partial charge in [0, 0.05) is 13.2 Å². The van der Waals surface area contributed by atoms with Gasteiger partial charge >= 0.3 is 0 Å². The molecule has 0 fully saturated rings. The molecule has 21 heavy (non-hydrogen) atoms. The summed E-state index contributed by atoms with van der Waals surface area (Å²) >= 11 is 0. The van der Waals surface area contributed by atoms with Crippen molar-refractivity contribution in [3.8, 4) is 5.69 Å². The van der Waals surface area contributed by atoms with Crippen LogP contribution in [0.25, 0.3) is 5.69 Å². The molecule has 0 saturated carbocycles. The molecule has 2 aromatic rings. The first-order chi connectivity index (χ1) is 10.0. The molecule has 0 aliphatic rings. The number of aliphatic hydroxyl groups is 1. The molecule has 1 atom stereocenters. The summed E-state index contributed by atoms with van der Waals surface area (Å²) in [7, 11) is 0. The van der Waals surface area contributed by atoms with E-state index >= 15 is 0 Å². The number of nitrogens with zero attached hydrogens (tertiary/aromatic N) is 2. The minimum atomic E-state index is -0.160. The molecule has 1 aromatic heterocycles. The quantitative estimate of drug-likeness (QED) is 0.882. The van der Waals surface area contributed by atoms with E-state index in [0.29, 0.717) is 12.1 Å². The summed E-state index contributed by atoms with van der Waals surface area (Å²) in [5.41, 5.74) is 3.43. The van der Waals surface area contributed by atoms with Crippen molar-refractivity contribution in [3.63, 3.8) is 0 Å². The second-order valence-corrected chi connectivity index (χ2v) is 5.34. The summed E-state index contributed by atoms with van der Waals surface area (Å²) in [6, 6.07) is 7.91. The van der Waals surface area contributed by atoms with Crippen LogP contribution in [0.15, 0.2) is 30.5 Å². The van der Waals surface area contributed by atoms with Crippen LogP contribution in [0.5, 0.6) is 0 Å². The van der Waals surface area contributed by atoms with Crippen LogP contribution in [0.1, 0.15) is 28.5 Å². The van der Waals surface area contributed by atoms with Crippen LogP contribution in [0.4, 0.5) is 0 Å².